The fourth-order valence-electron chi connectivity index (χ4n) is 4.26. The predicted molar refractivity (Wildman–Crippen MR) is 119 cm³/mol. The summed E-state index contributed by atoms with van der Waals surface area (Å²) in [6.45, 7) is 4.24. The van der Waals surface area contributed by atoms with Crippen molar-refractivity contribution in [3.8, 4) is 17.2 Å². The lowest BCUT2D eigenvalue weighted by Crippen LogP contribution is -2.38. The van der Waals surface area contributed by atoms with Gasteiger partial charge < -0.3 is 19.7 Å². The maximum atomic E-state index is 13.3. The topological polar surface area (TPSA) is 110 Å². The van der Waals surface area contributed by atoms with Crippen molar-refractivity contribution in [2.45, 2.75) is 26.2 Å². The van der Waals surface area contributed by atoms with E-state index in [0.717, 1.165) is 8.66 Å². The van der Waals surface area contributed by atoms with Crippen LogP contribution in [0.15, 0.2) is 44.8 Å². The van der Waals surface area contributed by atoms with Gasteiger partial charge in [0, 0.05) is 22.6 Å². The molecule has 9 heteroatoms. The van der Waals surface area contributed by atoms with Gasteiger partial charge in [-0.2, -0.15) is 0 Å². The van der Waals surface area contributed by atoms with Crippen molar-refractivity contribution in [2.75, 3.05) is 0 Å². The zero-order chi connectivity index (χ0) is 23.1. The third-order valence-corrected chi connectivity index (χ3v) is 7.48. The number of halogens is 1. The molecule has 3 heterocycles. The number of thiophene rings is 1. The first-order valence-corrected chi connectivity index (χ1v) is 11.1. The van der Waals surface area contributed by atoms with Gasteiger partial charge in [-0.05, 0) is 48.8 Å². The second kappa shape index (κ2) is 6.66. The fourth-order valence-corrected chi connectivity index (χ4v) is 5.62. The van der Waals surface area contributed by atoms with E-state index in [1.165, 1.54) is 31.3 Å². The van der Waals surface area contributed by atoms with E-state index in [1.54, 1.807) is 13.0 Å². The van der Waals surface area contributed by atoms with Crippen molar-refractivity contribution < 1.29 is 34.1 Å². The number of fused-ring (bicyclic) bond motifs is 5. The van der Waals surface area contributed by atoms with Crippen LogP contribution in [-0.2, 0) is 15.0 Å². The molecule has 1 aliphatic carbocycles. The lowest BCUT2D eigenvalue weighted by molar-refractivity contribution is -0.123. The normalized spacial score (nSPS) is 22.4. The van der Waals surface area contributed by atoms with Crippen LogP contribution < -0.4 is 9.47 Å². The number of hydrogen-bond acceptors (Lipinski definition) is 8. The summed E-state index contributed by atoms with van der Waals surface area (Å²) in [7, 11) is 0. The summed E-state index contributed by atoms with van der Waals surface area (Å²) in [6, 6.07) is 3.67. The Hall–Kier alpha value is -3.17. The van der Waals surface area contributed by atoms with Gasteiger partial charge in [0.25, 0.3) is 0 Å². The molecule has 0 spiro atoms. The number of hydrogen-bond donors (Lipinski definition) is 2. The molecule has 0 radical (unpaired) electrons. The Kier molecular flexibility index (Phi) is 4.31. The van der Waals surface area contributed by atoms with Crippen LogP contribution in [0.25, 0.3) is 6.08 Å². The van der Waals surface area contributed by atoms with Crippen LogP contribution in [0.4, 0.5) is 0 Å². The van der Waals surface area contributed by atoms with Gasteiger partial charge in [0.15, 0.2) is 23.1 Å². The summed E-state index contributed by atoms with van der Waals surface area (Å²) in [5.41, 5.74) is -1.52. The molecule has 0 saturated carbocycles. The molecule has 1 aromatic carbocycles. The standard InChI is InChI=1S/C23H15BrO7S/c1-8-18(27)17-21(31-13-7-11(26)15(9(2)25)22(29)23(13,17)3)16-19(28)12(30-20(8)16)6-10-4-5-14(24)32-10/h4-7,26-27H,1-3H3/b12-6-/t23-/m1/s1. The molecule has 1 aromatic heterocycles. The van der Waals surface area contributed by atoms with Gasteiger partial charge in [-0.1, -0.05) is 0 Å². The highest BCUT2D eigenvalue weighted by molar-refractivity contribution is 9.11. The largest absolute Gasteiger partial charge is 0.507 e. The van der Waals surface area contributed by atoms with Gasteiger partial charge in [0.2, 0.25) is 5.78 Å². The van der Waals surface area contributed by atoms with E-state index >= 15 is 0 Å². The van der Waals surface area contributed by atoms with Crippen LogP contribution in [-0.4, -0.2) is 27.6 Å². The minimum Gasteiger partial charge on any atom is -0.507 e. The molecular formula is C23H15BrO7S. The molecule has 5 rings (SSSR count). The first-order chi connectivity index (χ1) is 15.1. The van der Waals surface area contributed by atoms with E-state index in [9.17, 15) is 24.6 Å². The summed E-state index contributed by atoms with van der Waals surface area (Å²) in [4.78, 5) is 39.4. The van der Waals surface area contributed by atoms with E-state index in [0.29, 0.717) is 0 Å². The number of carbonyl (C=O) groups is 3. The van der Waals surface area contributed by atoms with Crippen molar-refractivity contribution in [1.29, 1.82) is 0 Å². The Morgan fingerprint density at radius 1 is 1.19 bits per heavy atom. The average molecular weight is 515 g/mol. The zero-order valence-electron chi connectivity index (χ0n) is 17.0. The second-order valence-electron chi connectivity index (χ2n) is 7.84. The number of ketones is 3. The van der Waals surface area contributed by atoms with E-state index in [4.69, 9.17) is 9.47 Å². The highest BCUT2D eigenvalue weighted by Crippen LogP contribution is 2.59. The number of phenols is 1. The number of benzene rings is 1. The predicted octanol–water partition coefficient (Wildman–Crippen LogP) is 4.66. The molecule has 2 aliphatic heterocycles. The Balaban J connectivity index is 1.72. The molecule has 1 atom stereocenters. The van der Waals surface area contributed by atoms with Crippen LogP contribution in [0.2, 0.25) is 0 Å². The molecule has 2 N–H and O–H groups in total. The van der Waals surface area contributed by atoms with Gasteiger partial charge >= 0.3 is 0 Å². The quantitative estimate of drug-likeness (QED) is 0.442. The molecule has 7 nitrogen and oxygen atoms in total. The Labute approximate surface area is 194 Å². The van der Waals surface area contributed by atoms with E-state index in [1.807, 2.05) is 12.1 Å². The van der Waals surface area contributed by atoms with Crippen molar-refractivity contribution in [2.24, 2.45) is 0 Å². The van der Waals surface area contributed by atoms with Crippen LogP contribution >= 0.6 is 27.3 Å². The number of allylic oxidation sites excluding steroid dienone is 4. The number of aliphatic hydroxyl groups is 1. The van der Waals surface area contributed by atoms with Gasteiger partial charge in [-0.3, -0.25) is 14.4 Å². The molecule has 0 unspecified atom stereocenters. The average Bonchev–Trinajstić information content (AvgIpc) is 3.35. The lowest BCUT2D eigenvalue weighted by atomic mass is 9.71. The SMILES string of the molecule is CC(=O)C1=C(O)C=C2Oc3c4c(c(C)c(O)c3[C@]2(C)C1=O)O/C(=C\c1ccc(Br)s1)C4=O. The van der Waals surface area contributed by atoms with Crippen molar-refractivity contribution >= 4 is 50.7 Å². The molecule has 0 saturated heterocycles. The molecule has 2 aromatic rings. The first-order valence-electron chi connectivity index (χ1n) is 9.54. The Bertz CT molecular complexity index is 1390. The minimum absolute atomic E-state index is 0.0106. The molecule has 0 bridgehead atoms. The third-order valence-electron chi connectivity index (χ3n) is 5.91. The lowest BCUT2D eigenvalue weighted by Gasteiger charge is -2.27. The van der Waals surface area contributed by atoms with Gasteiger partial charge in [0.1, 0.15) is 39.6 Å². The van der Waals surface area contributed by atoms with Crippen molar-refractivity contribution in [3.05, 3.63) is 66.4 Å². The molecule has 162 valence electrons. The molecule has 32 heavy (non-hydrogen) atoms. The van der Waals surface area contributed by atoms with E-state index < -0.39 is 28.5 Å². The van der Waals surface area contributed by atoms with Crippen LogP contribution in [0.1, 0.15) is 40.2 Å². The maximum absolute atomic E-state index is 13.3. The summed E-state index contributed by atoms with van der Waals surface area (Å²) in [5, 5.41) is 21.3. The van der Waals surface area contributed by atoms with Crippen molar-refractivity contribution in [1.82, 2.24) is 0 Å². The number of aliphatic hydroxyl groups excluding tert-OH is 1. The highest BCUT2D eigenvalue weighted by Gasteiger charge is 2.56. The summed E-state index contributed by atoms with van der Waals surface area (Å²) in [5.74, 6) is -2.34. The molecule has 0 amide bonds. The Morgan fingerprint density at radius 2 is 1.91 bits per heavy atom. The molecule has 3 aliphatic rings. The summed E-state index contributed by atoms with van der Waals surface area (Å²) in [6.07, 6.45) is 2.77. The number of ether oxygens (including phenoxy) is 2. The number of rotatable bonds is 2. The highest BCUT2D eigenvalue weighted by atomic mass is 79.9. The van der Waals surface area contributed by atoms with Gasteiger partial charge in [-0.15, -0.1) is 11.3 Å². The Morgan fingerprint density at radius 3 is 2.53 bits per heavy atom. The minimum atomic E-state index is -1.57. The van der Waals surface area contributed by atoms with Gasteiger partial charge in [0.05, 0.1) is 9.35 Å². The monoisotopic (exact) mass is 514 g/mol. The van der Waals surface area contributed by atoms with Crippen LogP contribution in [0, 0.1) is 6.92 Å². The smallest absolute Gasteiger partial charge is 0.235 e. The molecular weight excluding hydrogens is 500 g/mol. The zero-order valence-corrected chi connectivity index (χ0v) is 19.4. The molecule has 0 fully saturated rings. The van der Waals surface area contributed by atoms with Crippen molar-refractivity contribution in [3.63, 3.8) is 0 Å². The summed E-state index contributed by atoms with van der Waals surface area (Å²) < 4.78 is 12.6. The summed E-state index contributed by atoms with van der Waals surface area (Å²) >= 11 is 4.79. The number of aromatic hydroxyl groups is 1. The number of phenolic OH excluding ortho intramolecular Hbond substituents is 1. The van der Waals surface area contributed by atoms with Crippen LogP contribution in [0.3, 0.4) is 0 Å². The third kappa shape index (κ3) is 2.55. The van der Waals surface area contributed by atoms with Gasteiger partial charge in [-0.25, -0.2) is 0 Å². The maximum Gasteiger partial charge on any atom is 0.235 e. The number of carbonyl (C=O) groups excluding carboxylic acids is 3. The van der Waals surface area contributed by atoms with Crippen LogP contribution in [0.5, 0.6) is 17.2 Å². The first kappa shape index (κ1) is 20.7. The second-order valence-corrected chi connectivity index (χ2v) is 10.3. The van der Waals surface area contributed by atoms with E-state index in [2.05, 4.69) is 15.9 Å². The fraction of sp³-hybridized carbons (Fsp3) is 0.174. The van der Waals surface area contributed by atoms with E-state index in [-0.39, 0.29) is 51.0 Å². The number of Topliss-reactive ketones (excluding diaryl/α,β-unsaturated/α-hetero) is 3.